The number of rotatable bonds is 4. The van der Waals surface area contributed by atoms with Crippen molar-refractivity contribution >= 4 is 5.82 Å². The number of hydrogen-bond acceptors (Lipinski definition) is 6. The van der Waals surface area contributed by atoms with E-state index in [0.29, 0.717) is 23.5 Å². The molecule has 2 aliphatic heterocycles. The normalized spacial score (nSPS) is 28.8. The molecule has 1 aromatic carbocycles. The van der Waals surface area contributed by atoms with E-state index in [1.807, 2.05) is 18.9 Å². The van der Waals surface area contributed by atoms with Gasteiger partial charge in [0.15, 0.2) is 0 Å². The van der Waals surface area contributed by atoms with Crippen molar-refractivity contribution < 1.29 is 13.9 Å². The van der Waals surface area contributed by atoms with E-state index in [1.165, 1.54) is 24.5 Å². The van der Waals surface area contributed by atoms with Crippen LogP contribution in [0.2, 0.25) is 0 Å². The Kier molecular flexibility index (Phi) is 4.93. The lowest BCUT2D eigenvalue weighted by molar-refractivity contribution is 0.0859. The van der Waals surface area contributed by atoms with Crippen LogP contribution in [0.15, 0.2) is 36.9 Å². The van der Waals surface area contributed by atoms with Crippen molar-refractivity contribution in [1.82, 2.24) is 25.1 Å². The van der Waals surface area contributed by atoms with Gasteiger partial charge in [-0.3, -0.25) is 9.67 Å². The van der Waals surface area contributed by atoms with Gasteiger partial charge in [0.1, 0.15) is 23.6 Å². The Morgan fingerprint density at radius 3 is 2.61 bits per heavy atom. The summed E-state index contributed by atoms with van der Waals surface area (Å²) in [5.74, 6) is -0.0668. The summed E-state index contributed by atoms with van der Waals surface area (Å²) in [5.41, 5.74) is 0.762. The molecule has 4 heterocycles. The highest BCUT2D eigenvalue weighted by molar-refractivity contribution is 5.74. The first-order valence-electron chi connectivity index (χ1n) is 11.1. The first kappa shape index (κ1) is 21.8. The van der Waals surface area contributed by atoms with Gasteiger partial charge in [-0.2, -0.15) is 5.10 Å². The second kappa shape index (κ2) is 7.48. The average Bonchev–Trinajstić information content (AvgIpc) is 3.33. The predicted molar refractivity (Wildman–Crippen MR) is 122 cm³/mol. The van der Waals surface area contributed by atoms with Gasteiger partial charge in [-0.25, -0.2) is 13.8 Å². The Morgan fingerprint density at radius 1 is 1.15 bits per heavy atom. The molecule has 7 nitrogen and oxygen atoms in total. The standard InChI is InChI=1S/C24H28F2N6O/c1-23-5-6-24(2,30-23)22(26)19(9-23)32(4)21-12-27-18(11-28-21)16-7-17(25)15(8-20(16)33)14-10-29-31(3)13-14/h7-8,10-13,19,22,30,33H,5-6,9H2,1-4H3/t19-,22-,23-,24+/m0/s1. The number of anilines is 1. The first-order valence-corrected chi connectivity index (χ1v) is 11.1. The fraction of sp³-hybridized carbons (Fsp3) is 0.458. The zero-order valence-electron chi connectivity index (χ0n) is 19.2. The Bertz CT molecular complexity index is 1200. The monoisotopic (exact) mass is 454 g/mol. The predicted octanol–water partition coefficient (Wildman–Crippen LogP) is 3.84. The summed E-state index contributed by atoms with van der Waals surface area (Å²) in [5, 5.41) is 18.1. The molecule has 4 atom stereocenters. The second-order valence-corrected chi connectivity index (χ2v) is 9.90. The lowest BCUT2D eigenvalue weighted by atomic mass is 9.82. The molecule has 0 spiro atoms. The zero-order valence-corrected chi connectivity index (χ0v) is 19.2. The van der Waals surface area contributed by atoms with Crippen molar-refractivity contribution in [1.29, 1.82) is 0 Å². The largest absolute Gasteiger partial charge is 0.507 e. The molecular formula is C24H28F2N6O. The maximum atomic E-state index is 15.4. The number of alkyl halides is 1. The van der Waals surface area contributed by atoms with Crippen LogP contribution in [-0.2, 0) is 7.05 Å². The smallest absolute Gasteiger partial charge is 0.147 e. The Hall–Kier alpha value is -3.07. The van der Waals surface area contributed by atoms with Crippen LogP contribution in [0.5, 0.6) is 5.75 Å². The minimum atomic E-state index is -1.04. The van der Waals surface area contributed by atoms with E-state index in [9.17, 15) is 9.50 Å². The lowest BCUT2D eigenvalue weighted by Gasteiger charge is -2.47. The number of phenols is 1. The molecule has 5 rings (SSSR count). The van der Waals surface area contributed by atoms with Crippen molar-refractivity contribution in [2.45, 2.75) is 56.4 Å². The van der Waals surface area contributed by atoms with Gasteiger partial charge in [-0.05, 0) is 45.2 Å². The molecule has 0 radical (unpaired) electrons. The van der Waals surface area contributed by atoms with Crippen LogP contribution < -0.4 is 10.2 Å². The molecule has 3 aromatic rings. The number of fused-ring (bicyclic) bond motifs is 2. The van der Waals surface area contributed by atoms with Gasteiger partial charge in [-0.15, -0.1) is 0 Å². The molecule has 2 saturated heterocycles. The van der Waals surface area contributed by atoms with Gasteiger partial charge in [0, 0.05) is 48.1 Å². The molecule has 0 aliphatic carbocycles. The molecule has 2 fully saturated rings. The summed E-state index contributed by atoms with van der Waals surface area (Å²) >= 11 is 0. The second-order valence-electron chi connectivity index (χ2n) is 9.90. The highest BCUT2D eigenvalue weighted by Crippen LogP contribution is 2.45. The minimum Gasteiger partial charge on any atom is -0.507 e. The van der Waals surface area contributed by atoms with Crippen LogP contribution >= 0.6 is 0 Å². The molecule has 2 N–H and O–H groups in total. The number of phenolic OH excluding ortho intramolecular Hbond substituents is 1. The van der Waals surface area contributed by atoms with Crippen molar-refractivity contribution in [3.05, 3.63) is 42.7 Å². The van der Waals surface area contributed by atoms with Crippen molar-refractivity contribution in [2.24, 2.45) is 7.05 Å². The van der Waals surface area contributed by atoms with E-state index >= 15 is 4.39 Å². The molecule has 0 saturated carbocycles. The molecule has 0 unspecified atom stereocenters. The van der Waals surface area contributed by atoms with E-state index in [4.69, 9.17) is 0 Å². The van der Waals surface area contributed by atoms with Crippen molar-refractivity contribution in [3.63, 3.8) is 0 Å². The van der Waals surface area contributed by atoms with E-state index in [-0.39, 0.29) is 28.5 Å². The van der Waals surface area contributed by atoms with Gasteiger partial charge in [0.05, 0.1) is 30.3 Å². The fourth-order valence-electron chi connectivity index (χ4n) is 5.39. The maximum Gasteiger partial charge on any atom is 0.147 e. The molecule has 2 aromatic heterocycles. The number of aromatic nitrogens is 4. The number of aromatic hydroxyl groups is 1. The molecule has 2 aliphatic rings. The van der Waals surface area contributed by atoms with Crippen LogP contribution in [0, 0.1) is 5.82 Å². The number of nitrogens with one attached hydrogen (secondary N) is 1. The summed E-state index contributed by atoms with van der Waals surface area (Å²) in [6.45, 7) is 4.09. The van der Waals surface area contributed by atoms with Gasteiger partial charge in [-0.1, -0.05) is 0 Å². The summed E-state index contributed by atoms with van der Waals surface area (Å²) < 4.78 is 31.8. The fourth-order valence-corrected chi connectivity index (χ4v) is 5.39. The zero-order chi connectivity index (χ0) is 23.5. The Balaban J connectivity index is 1.40. The van der Waals surface area contributed by atoms with Gasteiger partial charge in [0.25, 0.3) is 0 Å². The number of nitrogens with zero attached hydrogens (tertiary/aromatic N) is 5. The molecular weight excluding hydrogens is 426 g/mol. The summed E-state index contributed by atoms with van der Waals surface area (Å²) in [7, 11) is 3.57. The van der Waals surface area contributed by atoms with Crippen LogP contribution in [0.4, 0.5) is 14.6 Å². The molecule has 0 amide bonds. The van der Waals surface area contributed by atoms with E-state index in [0.717, 1.165) is 12.8 Å². The van der Waals surface area contributed by atoms with Gasteiger partial charge in [0.2, 0.25) is 0 Å². The van der Waals surface area contributed by atoms with Crippen LogP contribution in [0.25, 0.3) is 22.4 Å². The van der Waals surface area contributed by atoms with Crippen molar-refractivity contribution in [3.8, 4) is 28.1 Å². The van der Waals surface area contributed by atoms with E-state index in [1.54, 1.807) is 24.1 Å². The van der Waals surface area contributed by atoms with Gasteiger partial charge >= 0.3 is 0 Å². The summed E-state index contributed by atoms with van der Waals surface area (Å²) in [6.07, 6.45) is 7.61. The third-order valence-electron chi connectivity index (χ3n) is 7.26. The maximum absolute atomic E-state index is 15.4. The van der Waals surface area contributed by atoms with Gasteiger partial charge < -0.3 is 15.3 Å². The summed E-state index contributed by atoms with van der Waals surface area (Å²) in [6, 6.07) is 2.28. The molecule has 9 heteroatoms. The number of halogens is 2. The van der Waals surface area contributed by atoms with Crippen molar-refractivity contribution in [2.75, 3.05) is 11.9 Å². The Labute approximate surface area is 191 Å². The average molecular weight is 455 g/mol. The number of piperidine rings is 1. The third kappa shape index (κ3) is 3.64. The first-order chi connectivity index (χ1) is 15.6. The number of benzene rings is 1. The SMILES string of the molecule is CN(c1cnc(-c2cc(F)c(-c3cnn(C)c3)cc2O)cn1)[C@H]1C[C@]2(C)CC[C@@](C)(N2)[C@H]1F. The topological polar surface area (TPSA) is 79.1 Å². The lowest BCUT2D eigenvalue weighted by Crippen LogP contribution is -2.65. The quantitative estimate of drug-likeness (QED) is 0.624. The van der Waals surface area contributed by atoms with E-state index < -0.39 is 17.5 Å². The highest BCUT2D eigenvalue weighted by Gasteiger charge is 2.56. The van der Waals surface area contributed by atoms with Crippen LogP contribution in [-0.4, -0.2) is 55.2 Å². The minimum absolute atomic E-state index is 0.0943. The third-order valence-corrected chi connectivity index (χ3v) is 7.26. The summed E-state index contributed by atoms with van der Waals surface area (Å²) in [4.78, 5) is 10.7. The molecule has 33 heavy (non-hydrogen) atoms. The van der Waals surface area contributed by atoms with E-state index in [2.05, 4.69) is 27.3 Å². The van der Waals surface area contributed by atoms with Crippen LogP contribution in [0.3, 0.4) is 0 Å². The molecule has 2 bridgehead atoms. The number of aryl methyl sites for hydroxylation is 1. The highest BCUT2D eigenvalue weighted by atomic mass is 19.1. The molecule has 174 valence electrons. The number of hydrogen-bond donors (Lipinski definition) is 2. The Morgan fingerprint density at radius 2 is 1.94 bits per heavy atom. The van der Waals surface area contributed by atoms with Crippen LogP contribution in [0.1, 0.15) is 33.1 Å².